The summed E-state index contributed by atoms with van der Waals surface area (Å²) in [5.41, 5.74) is 5.33. The highest BCUT2D eigenvalue weighted by molar-refractivity contribution is 7.86. The van der Waals surface area contributed by atoms with Gasteiger partial charge in [0.05, 0.1) is 0 Å². The fourth-order valence-electron chi connectivity index (χ4n) is 2.54. The minimum Gasteiger partial charge on any atom is -0.354 e. The Morgan fingerprint density at radius 2 is 2.14 bits per heavy atom. The third kappa shape index (κ3) is 5.21. The van der Waals surface area contributed by atoms with Crippen molar-refractivity contribution in [3.8, 4) is 0 Å². The largest absolute Gasteiger partial charge is 0.354 e. The lowest BCUT2D eigenvalue weighted by atomic mass is 10.1. The van der Waals surface area contributed by atoms with Crippen LogP contribution in [-0.2, 0) is 15.0 Å². The second kappa shape index (κ2) is 8.67. The molecule has 21 heavy (non-hydrogen) atoms. The summed E-state index contributed by atoms with van der Waals surface area (Å²) in [6.45, 7) is 3.64. The van der Waals surface area contributed by atoms with E-state index in [0.717, 1.165) is 25.7 Å². The molecule has 0 bridgehead atoms. The van der Waals surface area contributed by atoms with E-state index < -0.39 is 10.2 Å². The number of hydrogen-bond acceptors (Lipinski definition) is 4. The van der Waals surface area contributed by atoms with Gasteiger partial charge in [-0.05, 0) is 19.3 Å². The first-order valence-electron chi connectivity index (χ1n) is 7.63. The Bertz CT molecular complexity index is 427. The van der Waals surface area contributed by atoms with Crippen LogP contribution in [0.3, 0.4) is 0 Å². The SMILES string of the molecule is CCCN(C)S(=O)(=O)N1CCCCC1CNC(=O)CCN. The summed E-state index contributed by atoms with van der Waals surface area (Å²) in [6, 6.07) is -0.162. The van der Waals surface area contributed by atoms with Crippen molar-refractivity contribution in [2.75, 3.05) is 33.2 Å². The summed E-state index contributed by atoms with van der Waals surface area (Å²) in [6.07, 6.45) is 3.69. The van der Waals surface area contributed by atoms with E-state index in [-0.39, 0.29) is 18.4 Å². The summed E-state index contributed by atoms with van der Waals surface area (Å²) >= 11 is 0. The fourth-order valence-corrected chi connectivity index (χ4v) is 4.23. The molecule has 1 rings (SSSR count). The van der Waals surface area contributed by atoms with Gasteiger partial charge in [0.1, 0.15) is 0 Å². The van der Waals surface area contributed by atoms with Crippen LogP contribution < -0.4 is 11.1 Å². The highest BCUT2D eigenvalue weighted by Gasteiger charge is 2.34. The zero-order valence-corrected chi connectivity index (χ0v) is 13.9. The first-order chi connectivity index (χ1) is 9.93. The number of amides is 1. The molecule has 1 saturated heterocycles. The summed E-state index contributed by atoms with van der Waals surface area (Å²) in [7, 11) is -1.83. The van der Waals surface area contributed by atoms with Crippen molar-refractivity contribution >= 4 is 16.1 Å². The second-order valence-corrected chi connectivity index (χ2v) is 7.42. The predicted octanol–water partition coefficient (Wildman–Crippen LogP) is -0.107. The topological polar surface area (TPSA) is 95.7 Å². The maximum atomic E-state index is 12.6. The monoisotopic (exact) mass is 320 g/mol. The van der Waals surface area contributed by atoms with E-state index in [1.807, 2.05) is 6.92 Å². The molecule has 1 aliphatic heterocycles. The molecule has 0 aliphatic carbocycles. The van der Waals surface area contributed by atoms with Crippen molar-refractivity contribution in [1.82, 2.24) is 13.9 Å². The molecule has 0 aromatic carbocycles. The van der Waals surface area contributed by atoms with Crippen LogP contribution in [0.15, 0.2) is 0 Å². The summed E-state index contributed by atoms with van der Waals surface area (Å²) in [5.74, 6) is -0.123. The number of nitrogens with zero attached hydrogens (tertiary/aromatic N) is 2. The van der Waals surface area contributed by atoms with Crippen LogP contribution in [0, 0.1) is 0 Å². The van der Waals surface area contributed by atoms with Crippen LogP contribution in [0.4, 0.5) is 0 Å². The van der Waals surface area contributed by atoms with Crippen molar-refractivity contribution in [3.05, 3.63) is 0 Å². The quantitative estimate of drug-likeness (QED) is 0.652. The number of piperidine rings is 1. The molecule has 1 fully saturated rings. The lowest BCUT2D eigenvalue weighted by Crippen LogP contribution is -2.53. The average molecular weight is 320 g/mol. The molecule has 0 radical (unpaired) electrons. The third-order valence-corrected chi connectivity index (χ3v) is 5.75. The summed E-state index contributed by atoms with van der Waals surface area (Å²) in [4.78, 5) is 11.5. The van der Waals surface area contributed by atoms with Crippen molar-refractivity contribution in [2.24, 2.45) is 5.73 Å². The van der Waals surface area contributed by atoms with Gasteiger partial charge >= 0.3 is 0 Å². The van der Waals surface area contributed by atoms with E-state index >= 15 is 0 Å². The van der Waals surface area contributed by atoms with Gasteiger partial charge in [-0.15, -0.1) is 0 Å². The van der Waals surface area contributed by atoms with E-state index in [4.69, 9.17) is 5.73 Å². The van der Waals surface area contributed by atoms with Crippen LogP contribution >= 0.6 is 0 Å². The first-order valence-corrected chi connectivity index (χ1v) is 9.03. The second-order valence-electron chi connectivity index (χ2n) is 5.43. The molecule has 1 unspecified atom stereocenters. The molecule has 1 amide bonds. The van der Waals surface area contributed by atoms with Crippen molar-refractivity contribution in [3.63, 3.8) is 0 Å². The Morgan fingerprint density at radius 1 is 1.43 bits per heavy atom. The third-order valence-electron chi connectivity index (χ3n) is 3.71. The minimum absolute atomic E-state index is 0.123. The van der Waals surface area contributed by atoms with Gasteiger partial charge in [-0.2, -0.15) is 17.0 Å². The fraction of sp³-hybridized carbons (Fsp3) is 0.923. The molecule has 8 heteroatoms. The van der Waals surface area contributed by atoms with Gasteiger partial charge in [-0.1, -0.05) is 13.3 Å². The molecule has 0 aromatic heterocycles. The van der Waals surface area contributed by atoms with E-state index in [9.17, 15) is 13.2 Å². The molecule has 124 valence electrons. The van der Waals surface area contributed by atoms with Gasteiger partial charge in [-0.25, -0.2) is 0 Å². The number of carbonyl (C=O) groups excluding carboxylic acids is 1. The van der Waals surface area contributed by atoms with Gasteiger partial charge in [0, 0.05) is 45.7 Å². The molecular weight excluding hydrogens is 292 g/mol. The van der Waals surface area contributed by atoms with E-state index in [1.54, 1.807) is 7.05 Å². The van der Waals surface area contributed by atoms with Crippen molar-refractivity contribution in [1.29, 1.82) is 0 Å². The van der Waals surface area contributed by atoms with Gasteiger partial charge in [0.2, 0.25) is 5.91 Å². The minimum atomic E-state index is -3.44. The maximum Gasteiger partial charge on any atom is 0.282 e. The van der Waals surface area contributed by atoms with E-state index in [0.29, 0.717) is 26.2 Å². The van der Waals surface area contributed by atoms with Crippen LogP contribution in [0.2, 0.25) is 0 Å². The summed E-state index contributed by atoms with van der Waals surface area (Å²) < 4.78 is 28.1. The first kappa shape index (κ1) is 18.3. The van der Waals surface area contributed by atoms with Crippen LogP contribution in [0.25, 0.3) is 0 Å². The zero-order valence-electron chi connectivity index (χ0n) is 13.0. The standard InChI is InChI=1S/C13H28N4O3S/c1-3-9-16(2)21(19,20)17-10-5-4-6-12(17)11-15-13(18)7-8-14/h12H,3-11,14H2,1-2H3,(H,15,18). The Morgan fingerprint density at radius 3 is 2.76 bits per heavy atom. The molecule has 3 N–H and O–H groups in total. The average Bonchev–Trinajstić information content (AvgIpc) is 2.46. The number of nitrogens with two attached hydrogens (primary N) is 1. The van der Waals surface area contributed by atoms with Crippen LogP contribution in [0.1, 0.15) is 39.0 Å². The van der Waals surface area contributed by atoms with Crippen molar-refractivity contribution < 1.29 is 13.2 Å². The molecule has 1 atom stereocenters. The molecule has 1 aliphatic rings. The van der Waals surface area contributed by atoms with E-state index in [2.05, 4.69) is 5.32 Å². The normalized spacial score (nSPS) is 20.7. The lowest BCUT2D eigenvalue weighted by molar-refractivity contribution is -0.121. The molecule has 0 spiro atoms. The Kier molecular flexibility index (Phi) is 7.58. The Labute approximate surface area is 128 Å². The molecule has 7 nitrogen and oxygen atoms in total. The highest BCUT2D eigenvalue weighted by atomic mass is 32.2. The van der Waals surface area contributed by atoms with Crippen LogP contribution in [0.5, 0.6) is 0 Å². The summed E-state index contributed by atoms with van der Waals surface area (Å²) in [5, 5.41) is 2.78. The Balaban J connectivity index is 2.70. The van der Waals surface area contributed by atoms with Crippen LogP contribution in [-0.4, -0.2) is 62.2 Å². The predicted molar refractivity (Wildman–Crippen MR) is 82.9 cm³/mol. The molecule has 0 saturated carbocycles. The van der Waals surface area contributed by atoms with Gasteiger partial charge in [-0.3, -0.25) is 4.79 Å². The van der Waals surface area contributed by atoms with E-state index in [1.165, 1.54) is 8.61 Å². The highest BCUT2D eigenvalue weighted by Crippen LogP contribution is 2.21. The number of carbonyl (C=O) groups is 1. The zero-order chi connectivity index (χ0) is 15.9. The maximum absolute atomic E-state index is 12.6. The van der Waals surface area contributed by atoms with Gasteiger partial charge < -0.3 is 11.1 Å². The molecule has 1 heterocycles. The Hall–Kier alpha value is -0.700. The molecular formula is C13H28N4O3S. The van der Waals surface area contributed by atoms with Gasteiger partial charge in [0.15, 0.2) is 0 Å². The number of nitrogens with one attached hydrogen (secondary N) is 1. The van der Waals surface area contributed by atoms with Gasteiger partial charge in [0.25, 0.3) is 10.2 Å². The smallest absolute Gasteiger partial charge is 0.282 e. The number of hydrogen-bond donors (Lipinski definition) is 2. The van der Waals surface area contributed by atoms with Crippen molar-refractivity contribution in [2.45, 2.75) is 45.1 Å². The molecule has 0 aromatic rings. The lowest BCUT2D eigenvalue weighted by Gasteiger charge is -2.37. The number of rotatable bonds is 8.